The summed E-state index contributed by atoms with van der Waals surface area (Å²) in [7, 11) is 0. The third-order valence-corrected chi connectivity index (χ3v) is 1.01. The number of carbonyl (C=O) groups is 1. The Morgan fingerprint density at radius 1 is 1.91 bits per heavy atom. The molecule has 1 N–H and O–H groups in total. The Morgan fingerprint density at radius 3 is 3.09 bits per heavy atom. The zero-order chi connectivity index (χ0) is 8.27. The van der Waals surface area contributed by atoms with Gasteiger partial charge in [0.1, 0.15) is 6.61 Å². The molecule has 0 atom stereocenters. The molecule has 0 aliphatic heterocycles. The fourth-order valence-corrected chi connectivity index (χ4v) is 0.572. The van der Waals surface area contributed by atoms with Crippen LogP contribution in [0.25, 0.3) is 0 Å². The van der Waals surface area contributed by atoms with E-state index in [4.69, 9.17) is 5.11 Å². The van der Waals surface area contributed by atoms with E-state index >= 15 is 0 Å². The van der Waals surface area contributed by atoms with Crippen molar-refractivity contribution in [2.24, 2.45) is 0 Å². The second kappa shape index (κ2) is 3.16. The number of rotatable bonds is 2. The van der Waals surface area contributed by atoms with E-state index in [1.54, 1.807) is 6.20 Å². The molecule has 0 aliphatic carbocycles. The standard InChI is InChI=1S/C6H8N2O3/c1-5-2-7-8(3-5)11-6(10)4-9/h2-3,9H,4H2,1H3. The molecule has 0 amide bonds. The van der Waals surface area contributed by atoms with Gasteiger partial charge in [-0.15, -0.1) is 5.10 Å². The van der Waals surface area contributed by atoms with Crippen molar-refractivity contribution in [2.75, 3.05) is 6.61 Å². The van der Waals surface area contributed by atoms with Crippen molar-refractivity contribution in [2.45, 2.75) is 6.92 Å². The average molecular weight is 156 g/mol. The van der Waals surface area contributed by atoms with E-state index in [9.17, 15) is 4.79 Å². The maximum atomic E-state index is 10.5. The first-order valence-electron chi connectivity index (χ1n) is 3.05. The van der Waals surface area contributed by atoms with Crippen LogP contribution >= 0.6 is 0 Å². The van der Waals surface area contributed by atoms with Crippen molar-refractivity contribution >= 4 is 5.97 Å². The van der Waals surface area contributed by atoms with Crippen molar-refractivity contribution in [3.8, 4) is 0 Å². The molecule has 11 heavy (non-hydrogen) atoms. The summed E-state index contributed by atoms with van der Waals surface area (Å²) in [4.78, 5) is 16.0. The maximum Gasteiger partial charge on any atom is 0.360 e. The number of aliphatic hydroxyl groups excluding tert-OH is 1. The summed E-state index contributed by atoms with van der Waals surface area (Å²) in [5, 5.41) is 12.0. The van der Waals surface area contributed by atoms with Gasteiger partial charge in [-0.05, 0) is 12.5 Å². The number of carbonyl (C=O) groups excluding carboxylic acids is 1. The first-order valence-corrected chi connectivity index (χ1v) is 3.05. The minimum absolute atomic E-state index is 0.640. The third-order valence-electron chi connectivity index (χ3n) is 1.01. The quantitative estimate of drug-likeness (QED) is 0.605. The van der Waals surface area contributed by atoms with Crippen LogP contribution in [0.5, 0.6) is 0 Å². The van der Waals surface area contributed by atoms with E-state index in [1.165, 1.54) is 6.20 Å². The monoisotopic (exact) mass is 156 g/mol. The van der Waals surface area contributed by atoms with Crippen molar-refractivity contribution < 1.29 is 14.7 Å². The summed E-state index contributed by atoms with van der Waals surface area (Å²) in [5.74, 6) is -0.729. The first-order chi connectivity index (χ1) is 5.22. The highest BCUT2D eigenvalue weighted by atomic mass is 16.7. The van der Waals surface area contributed by atoms with Crippen LogP contribution in [0.15, 0.2) is 12.4 Å². The Bertz CT molecular complexity index is 256. The minimum Gasteiger partial charge on any atom is -0.385 e. The molecule has 0 spiro atoms. The SMILES string of the molecule is Cc1cnn(OC(=O)CO)c1. The summed E-state index contributed by atoms with van der Waals surface area (Å²) < 4.78 is 0. The number of hydrogen-bond donors (Lipinski definition) is 1. The Hall–Kier alpha value is -1.36. The molecule has 0 radical (unpaired) electrons. The largest absolute Gasteiger partial charge is 0.385 e. The molecule has 5 heteroatoms. The Balaban J connectivity index is 2.57. The van der Waals surface area contributed by atoms with Gasteiger partial charge >= 0.3 is 5.97 Å². The Morgan fingerprint density at radius 2 is 2.64 bits per heavy atom. The van der Waals surface area contributed by atoms with Gasteiger partial charge in [-0.3, -0.25) is 0 Å². The van der Waals surface area contributed by atoms with Crippen LogP contribution in [0.4, 0.5) is 0 Å². The van der Waals surface area contributed by atoms with Crippen molar-refractivity contribution in [3.63, 3.8) is 0 Å². The van der Waals surface area contributed by atoms with Crippen LogP contribution in [0.1, 0.15) is 5.56 Å². The highest BCUT2D eigenvalue weighted by Crippen LogP contribution is 1.90. The molecule has 60 valence electrons. The lowest BCUT2D eigenvalue weighted by molar-refractivity contribution is -0.149. The molecule has 1 rings (SSSR count). The molecular weight excluding hydrogens is 148 g/mol. The molecule has 5 nitrogen and oxygen atoms in total. The van der Waals surface area contributed by atoms with Gasteiger partial charge in [-0.1, -0.05) is 4.85 Å². The molecule has 0 aliphatic rings. The van der Waals surface area contributed by atoms with E-state index in [2.05, 4.69) is 9.94 Å². The van der Waals surface area contributed by atoms with E-state index in [0.717, 1.165) is 10.4 Å². The topological polar surface area (TPSA) is 64.4 Å². The van der Waals surface area contributed by atoms with Gasteiger partial charge in [0.25, 0.3) is 0 Å². The highest BCUT2D eigenvalue weighted by Gasteiger charge is 2.01. The van der Waals surface area contributed by atoms with E-state index < -0.39 is 12.6 Å². The third kappa shape index (κ3) is 2.05. The Kier molecular flexibility index (Phi) is 2.22. The highest BCUT2D eigenvalue weighted by molar-refractivity contribution is 5.70. The normalized spacial score (nSPS) is 9.64. The number of nitrogens with zero attached hydrogens (tertiary/aromatic N) is 2. The van der Waals surface area contributed by atoms with Gasteiger partial charge in [0, 0.05) is 0 Å². The van der Waals surface area contributed by atoms with Crippen molar-refractivity contribution in [1.82, 2.24) is 9.94 Å². The van der Waals surface area contributed by atoms with E-state index in [1.807, 2.05) is 6.92 Å². The summed E-state index contributed by atoms with van der Waals surface area (Å²) >= 11 is 0. The van der Waals surface area contributed by atoms with Gasteiger partial charge < -0.3 is 9.94 Å². The maximum absolute atomic E-state index is 10.5. The fraction of sp³-hybridized carbons (Fsp3) is 0.333. The molecule has 0 unspecified atom stereocenters. The second-order valence-corrected chi connectivity index (χ2v) is 2.04. The number of aliphatic hydroxyl groups is 1. The predicted molar refractivity (Wildman–Crippen MR) is 35.6 cm³/mol. The lowest BCUT2D eigenvalue weighted by Crippen LogP contribution is -2.22. The van der Waals surface area contributed by atoms with Crippen LogP contribution in [-0.2, 0) is 4.79 Å². The first kappa shape index (κ1) is 7.74. The fourth-order valence-electron chi connectivity index (χ4n) is 0.572. The van der Waals surface area contributed by atoms with Crippen LogP contribution in [0.3, 0.4) is 0 Å². The Labute approximate surface area is 63.2 Å². The predicted octanol–water partition coefficient (Wildman–Crippen LogP) is -0.861. The van der Waals surface area contributed by atoms with E-state index in [-0.39, 0.29) is 0 Å². The van der Waals surface area contributed by atoms with Crippen molar-refractivity contribution in [3.05, 3.63) is 18.0 Å². The average Bonchev–Trinajstić information content (AvgIpc) is 2.35. The van der Waals surface area contributed by atoms with Gasteiger partial charge in [-0.2, -0.15) is 0 Å². The minimum atomic E-state index is -0.729. The molecule has 1 aromatic rings. The zero-order valence-corrected chi connectivity index (χ0v) is 6.02. The zero-order valence-electron chi connectivity index (χ0n) is 6.02. The van der Waals surface area contributed by atoms with Crippen LogP contribution < -0.4 is 4.84 Å². The molecular formula is C6H8N2O3. The summed E-state index contributed by atoms with van der Waals surface area (Å²) in [6.07, 6.45) is 3.08. The van der Waals surface area contributed by atoms with Crippen LogP contribution in [0, 0.1) is 6.92 Å². The van der Waals surface area contributed by atoms with Gasteiger partial charge in [0.2, 0.25) is 0 Å². The van der Waals surface area contributed by atoms with Crippen LogP contribution in [-0.4, -0.2) is 27.6 Å². The van der Waals surface area contributed by atoms with Crippen LogP contribution in [0.2, 0.25) is 0 Å². The summed E-state index contributed by atoms with van der Waals surface area (Å²) in [6, 6.07) is 0. The van der Waals surface area contributed by atoms with E-state index in [0.29, 0.717) is 0 Å². The number of aryl methyl sites for hydroxylation is 1. The molecule has 1 heterocycles. The molecule has 0 aromatic carbocycles. The number of aromatic nitrogens is 2. The smallest absolute Gasteiger partial charge is 0.360 e. The van der Waals surface area contributed by atoms with Crippen molar-refractivity contribution in [1.29, 1.82) is 0 Å². The lowest BCUT2D eigenvalue weighted by atomic mass is 10.4. The van der Waals surface area contributed by atoms with Gasteiger partial charge in [0.15, 0.2) is 0 Å². The molecule has 0 saturated heterocycles. The molecule has 1 aromatic heterocycles. The summed E-state index contributed by atoms with van der Waals surface area (Å²) in [5.41, 5.74) is 0.885. The summed E-state index contributed by atoms with van der Waals surface area (Å²) in [6.45, 7) is 1.18. The lowest BCUT2D eigenvalue weighted by Gasteiger charge is -1.97. The molecule has 0 saturated carbocycles. The molecule has 0 fully saturated rings. The number of hydrogen-bond acceptors (Lipinski definition) is 4. The van der Waals surface area contributed by atoms with Gasteiger partial charge in [0.05, 0.1) is 12.4 Å². The van der Waals surface area contributed by atoms with Gasteiger partial charge in [-0.25, -0.2) is 4.79 Å². The second-order valence-electron chi connectivity index (χ2n) is 2.04. The molecule has 0 bridgehead atoms.